The smallest absolute Gasteiger partial charge is 0.293 e. The molecule has 0 saturated carbocycles. The third-order valence-electron chi connectivity index (χ3n) is 5.79. The topological polar surface area (TPSA) is 136 Å². The maximum atomic E-state index is 14.6. The number of nitrogens with one attached hydrogen (secondary N) is 1. The normalized spacial score (nSPS) is 16.1. The van der Waals surface area contributed by atoms with E-state index in [9.17, 15) is 17.6 Å². The van der Waals surface area contributed by atoms with Gasteiger partial charge in [0.15, 0.2) is 5.65 Å². The predicted molar refractivity (Wildman–Crippen MR) is 127 cm³/mol. The number of primary sulfonamides is 1. The molecule has 0 unspecified atom stereocenters. The summed E-state index contributed by atoms with van der Waals surface area (Å²) >= 11 is 6.10. The molecule has 1 saturated heterocycles. The van der Waals surface area contributed by atoms with Gasteiger partial charge < -0.3 is 10.2 Å². The lowest BCUT2D eigenvalue weighted by atomic mass is 10.0. The van der Waals surface area contributed by atoms with Crippen LogP contribution >= 0.6 is 11.6 Å². The lowest BCUT2D eigenvalue weighted by molar-refractivity contribution is 0.101. The van der Waals surface area contributed by atoms with Gasteiger partial charge in [0, 0.05) is 22.8 Å². The number of nitrogens with two attached hydrogens (primary N) is 1. The summed E-state index contributed by atoms with van der Waals surface area (Å²) in [5.74, 6) is -0.364. The Morgan fingerprint density at radius 3 is 2.69 bits per heavy atom. The molecule has 3 N–H and O–H groups in total. The third-order valence-corrected chi connectivity index (χ3v) is 6.95. The maximum absolute atomic E-state index is 14.6. The molecule has 35 heavy (non-hydrogen) atoms. The van der Waals surface area contributed by atoms with Crippen LogP contribution in [-0.4, -0.2) is 40.5 Å². The van der Waals surface area contributed by atoms with Crippen molar-refractivity contribution in [3.8, 4) is 0 Å². The standard InChI is InChI=1S/C22H19ClFN7O3S/c23-13-3-8-17(24)16(10-13)18-2-1-9-30(18)20-12-31-19(11-26-20)28-29-21(31)22(32)27-14-4-6-15(7-5-14)35(25,33)34/h3-8,10-12,18H,1-2,9H2,(H,27,32)(H2,25,33,34)/t18-/m1/s1. The number of carbonyl (C=O) groups is 1. The first kappa shape index (κ1) is 23.1. The SMILES string of the molecule is NS(=O)(=O)c1ccc(NC(=O)c2nnc3cnc(N4CCC[C@@H]4c4cc(Cl)ccc4F)cn23)cc1. The molecule has 13 heteroatoms. The Hall–Kier alpha value is -3.61. The van der Waals surface area contributed by atoms with Crippen LogP contribution in [0.4, 0.5) is 15.9 Å². The van der Waals surface area contributed by atoms with Crippen molar-refractivity contribution < 1.29 is 17.6 Å². The minimum atomic E-state index is -3.84. The summed E-state index contributed by atoms with van der Waals surface area (Å²) in [6.07, 6.45) is 4.68. The van der Waals surface area contributed by atoms with E-state index in [1.807, 2.05) is 4.90 Å². The van der Waals surface area contributed by atoms with Crippen LogP contribution in [0.5, 0.6) is 0 Å². The summed E-state index contributed by atoms with van der Waals surface area (Å²) in [5.41, 5.74) is 1.19. The lowest BCUT2D eigenvalue weighted by Crippen LogP contribution is -2.25. The molecule has 5 rings (SSSR count). The largest absolute Gasteiger partial charge is 0.348 e. The number of halogens is 2. The van der Waals surface area contributed by atoms with Gasteiger partial charge in [-0.15, -0.1) is 10.2 Å². The number of nitrogens with zero attached hydrogens (tertiary/aromatic N) is 5. The van der Waals surface area contributed by atoms with Crippen molar-refractivity contribution in [2.45, 2.75) is 23.8 Å². The van der Waals surface area contributed by atoms with E-state index in [0.29, 0.717) is 34.3 Å². The predicted octanol–water partition coefficient (Wildman–Crippen LogP) is 3.16. The van der Waals surface area contributed by atoms with Crippen LogP contribution in [0.2, 0.25) is 5.02 Å². The molecule has 1 aliphatic heterocycles. The van der Waals surface area contributed by atoms with E-state index in [0.717, 1.165) is 12.8 Å². The zero-order valence-corrected chi connectivity index (χ0v) is 19.7. The van der Waals surface area contributed by atoms with Crippen molar-refractivity contribution in [3.05, 3.63) is 77.1 Å². The van der Waals surface area contributed by atoms with Crippen molar-refractivity contribution in [2.24, 2.45) is 5.14 Å². The zero-order chi connectivity index (χ0) is 24.7. The molecule has 4 aromatic rings. The molecule has 1 amide bonds. The number of hydrogen-bond donors (Lipinski definition) is 2. The Balaban J connectivity index is 1.43. The van der Waals surface area contributed by atoms with Crippen LogP contribution in [0.25, 0.3) is 5.65 Å². The highest BCUT2D eigenvalue weighted by atomic mass is 35.5. The molecule has 1 aliphatic rings. The fourth-order valence-electron chi connectivity index (χ4n) is 4.14. The second-order valence-electron chi connectivity index (χ2n) is 8.04. The van der Waals surface area contributed by atoms with Gasteiger partial charge in [-0.2, -0.15) is 0 Å². The quantitative estimate of drug-likeness (QED) is 0.416. The van der Waals surface area contributed by atoms with Gasteiger partial charge in [-0.1, -0.05) is 11.6 Å². The first-order valence-electron chi connectivity index (χ1n) is 10.6. The summed E-state index contributed by atoms with van der Waals surface area (Å²) in [7, 11) is -3.84. The highest BCUT2D eigenvalue weighted by Crippen LogP contribution is 2.37. The molecule has 0 aliphatic carbocycles. The van der Waals surface area contributed by atoms with E-state index < -0.39 is 15.9 Å². The third kappa shape index (κ3) is 4.55. The van der Waals surface area contributed by atoms with Crippen LogP contribution in [0.15, 0.2) is 59.8 Å². The van der Waals surface area contributed by atoms with Gasteiger partial charge in [-0.05, 0) is 55.3 Å². The summed E-state index contributed by atoms with van der Waals surface area (Å²) < 4.78 is 38.9. The fourth-order valence-corrected chi connectivity index (χ4v) is 4.84. The first-order valence-corrected chi connectivity index (χ1v) is 12.5. The number of rotatable bonds is 5. The molecule has 2 aromatic heterocycles. The highest BCUT2D eigenvalue weighted by molar-refractivity contribution is 7.89. The zero-order valence-electron chi connectivity index (χ0n) is 18.1. The van der Waals surface area contributed by atoms with E-state index in [-0.39, 0.29) is 22.6 Å². The Labute approximate surface area is 204 Å². The minimum Gasteiger partial charge on any atom is -0.348 e. The lowest BCUT2D eigenvalue weighted by Gasteiger charge is -2.26. The molecule has 2 aromatic carbocycles. The minimum absolute atomic E-state index is 0.00357. The Bertz CT molecular complexity index is 1540. The van der Waals surface area contributed by atoms with Gasteiger partial charge in [0.25, 0.3) is 5.91 Å². The van der Waals surface area contributed by atoms with Gasteiger partial charge in [0.1, 0.15) is 11.6 Å². The number of amides is 1. The molecular weight excluding hydrogens is 497 g/mol. The number of anilines is 2. The molecule has 0 bridgehead atoms. The van der Waals surface area contributed by atoms with Crippen LogP contribution in [0.3, 0.4) is 0 Å². The number of sulfonamides is 1. The van der Waals surface area contributed by atoms with Crippen LogP contribution < -0.4 is 15.4 Å². The fraction of sp³-hybridized carbons (Fsp3) is 0.182. The monoisotopic (exact) mass is 515 g/mol. The summed E-state index contributed by atoms with van der Waals surface area (Å²) in [4.78, 5) is 19.2. The molecule has 1 atom stereocenters. The van der Waals surface area contributed by atoms with Crippen molar-refractivity contribution in [1.29, 1.82) is 0 Å². The number of benzene rings is 2. The van der Waals surface area contributed by atoms with E-state index in [2.05, 4.69) is 20.5 Å². The van der Waals surface area contributed by atoms with Crippen molar-refractivity contribution in [3.63, 3.8) is 0 Å². The Morgan fingerprint density at radius 1 is 1.17 bits per heavy atom. The van der Waals surface area contributed by atoms with Crippen LogP contribution in [-0.2, 0) is 10.0 Å². The summed E-state index contributed by atoms with van der Waals surface area (Å²) in [6, 6.07) is 9.64. The van der Waals surface area contributed by atoms with Gasteiger partial charge in [0.05, 0.1) is 23.3 Å². The number of carbonyl (C=O) groups excluding carboxylic acids is 1. The number of hydrogen-bond acceptors (Lipinski definition) is 7. The average Bonchev–Trinajstić information content (AvgIpc) is 3.47. The maximum Gasteiger partial charge on any atom is 0.293 e. The average molecular weight is 516 g/mol. The molecule has 180 valence electrons. The molecule has 0 spiro atoms. The van der Waals surface area contributed by atoms with Gasteiger partial charge in [-0.3, -0.25) is 9.20 Å². The van der Waals surface area contributed by atoms with Crippen molar-refractivity contribution in [1.82, 2.24) is 19.6 Å². The first-order chi connectivity index (χ1) is 16.7. The molecule has 1 fully saturated rings. The van der Waals surface area contributed by atoms with Crippen LogP contribution in [0, 0.1) is 5.82 Å². The molecule has 3 heterocycles. The van der Waals surface area contributed by atoms with E-state index >= 15 is 0 Å². The number of aromatic nitrogens is 4. The highest BCUT2D eigenvalue weighted by Gasteiger charge is 2.30. The second-order valence-corrected chi connectivity index (χ2v) is 10.0. The van der Waals surface area contributed by atoms with E-state index in [1.165, 1.54) is 47.0 Å². The van der Waals surface area contributed by atoms with Crippen LogP contribution in [0.1, 0.15) is 35.1 Å². The molecule has 10 nitrogen and oxygen atoms in total. The number of fused-ring (bicyclic) bond motifs is 1. The Morgan fingerprint density at radius 2 is 1.94 bits per heavy atom. The second kappa shape index (κ2) is 8.87. The van der Waals surface area contributed by atoms with Gasteiger partial charge >= 0.3 is 0 Å². The molecule has 0 radical (unpaired) electrons. The van der Waals surface area contributed by atoms with Crippen molar-refractivity contribution in [2.75, 3.05) is 16.8 Å². The van der Waals surface area contributed by atoms with E-state index in [4.69, 9.17) is 16.7 Å². The van der Waals surface area contributed by atoms with Gasteiger partial charge in [-0.25, -0.2) is 22.9 Å². The summed E-state index contributed by atoms with van der Waals surface area (Å²) in [6.45, 7) is 0.648. The summed E-state index contributed by atoms with van der Waals surface area (Å²) in [5, 5.41) is 16.2. The Kier molecular flexibility index (Phi) is 5.87. The van der Waals surface area contributed by atoms with Crippen molar-refractivity contribution >= 4 is 44.7 Å². The van der Waals surface area contributed by atoms with Gasteiger partial charge in [0.2, 0.25) is 15.8 Å². The van der Waals surface area contributed by atoms with E-state index in [1.54, 1.807) is 12.3 Å². The molecular formula is C22H19ClFN7O3S.